The first-order chi connectivity index (χ1) is 8.98. The molecule has 5 nitrogen and oxygen atoms in total. The highest BCUT2D eigenvalue weighted by Crippen LogP contribution is 2.21. The number of nitrogens with zero attached hydrogens (tertiary/aromatic N) is 2. The van der Waals surface area contributed by atoms with Crippen LogP contribution in [0.3, 0.4) is 0 Å². The molecular weight excluding hydrogens is 247 g/mol. The van der Waals surface area contributed by atoms with Gasteiger partial charge in [0.05, 0.1) is 6.20 Å². The van der Waals surface area contributed by atoms with Gasteiger partial charge in [-0.2, -0.15) is 4.98 Å². The fourth-order valence-corrected chi connectivity index (χ4v) is 1.53. The van der Waals surface area contributed by atoms with Crippen molar-refractivity contribution >= 4 is 11.8 Å². The van der Waals surface area contributed by atoms with Gasteiger partial charge in [-0.3, -0.25) is 0 Å². The van der Waals surface area contributed by atoms with Crippen molar-refractivity contribution in [2.75, 3.05) is 30.3 Å². The molecule has 1 heterocycles. The molecule has 0 radical (unpaired) electrons. The highest BCUT2D eigenvalue weighted by atomic mass is 19.1. The van der Waals surface area contributed by atoms with E-state index in [9.17, 15) is 4.39 Å². The number of aliphatic hydroxyl groups is 1. The largest absolute Gasteiger partial charge is 0.396 e. The van der Waals surface area contributed by atoms with Gasteiger partial charge in [0.2, 0.25) is 5.95 Å². The average Bonchev–Trinajstić information content (AvgIpc) is 2.36. The Hall–Kier alpha value is -1.43. The molecule has 3 N–H and O–H groups in total. The molecule has 0 bridgehead atoms. The van der Waals surface area contributed by atoms with E-state index in [2.05, 4.69) is 20.6 Å². The van der Waals surface area contributed by atoms with E-state index in [-0.39, 0.29) is 17.8 Å². The number of nitrogens with one attached hydrogen (secondary N) is 2. The van der Waals surface area contributed by atoms with Gasteiger partial charge in [-0.05, 0) is 18.3 Å². The van der Waals surface area contributed by atoms with Crippen molar-refractivity contribution in [3.8, 4) is 0 Å². The van der Waals surface area contributed by atoms with Gasteiger partial charge in [0.25, 0.3) is 0 Å². The SMILES string of the molecule is CCCNc1ncc(F)c(NCC(C)(C)CCO)n1. The number of aliphatic hydroxyl groups excluding tert-OH is 1. The monoisotopic (exact) mass is 270 g/mol. The van der Waals surface area contributed by atoms with E-state index >= 15 is 0 Å². The van der Waals surface area contributed by atoms with Crippen molar-refractivity contribution < 1.29 is 9.50 Å². The molecule has 0 fully saturated rings. The quantitative estimate of drug-likeness (QED) is 0.676. The Morgan fingerprint density at radius 2 is 2.11 bits per heavy atom. The first-order valence-electron chi connectivity index (χ1n) is 6.59. The van der Waals surface area contributed by atoms with Crippen molar-refractivity contribution in [3.63, 3.8) is 0 Å². The third kappa shape index (κ3) is 5.38. The van der Waals surface area contributed by atoms with Crippen LogP contribution in [0, 0.1) is 11.2 Å². The van der Waals surface area contributed by atoms with Crippen LogP contribution < -0.4 is 10.6 Å². The molecular formula is C13H23FN4O. The van der Waals surface area contributed by atoms with Crippen LogP contribution in [0.1, 0.15) is 33.6 Å². The maximum atomic E-state index is 13.6. The Morgan fingerprint density at radius 1 is 1.37 bits per heavy atom. The van der Waals surface area contributed by atoms with Crippen LogP contribution in [0.5, 0.6) is 0 Å². The van der Waals surface area contributed by atoms with Gasteiger partial charge in [-0.25, -0.2) is 9.37 Å². The molecule has 0 aliphatic heterocycles. The molecule has 0 spiro atoms. The van der Waals surface area contributed by atoms with E-state index in [0.29, 0.717) is 18.9 Å². The third-order valence-corrected chi connectivity index (χ3v) is 2.80. The van der Waals surface area contributed by atoms with Gasteiger partial charge in [-0.1, -0.05) is 20.8 Å². The molecule has 108 valence electrons. The number of rotatable bonds is 8. The summed E-state index contributed by atoms with van der Waals surface area (Å²) in [7, 11) is 0. The van der Waals surface area contributed by atoms with Crippen LogP contribution >= 0.6 is 0 Å². The predicted molar refractivity (Wildman–Crippen MR) is 74.7 cm³/mol. The number of aromatic nitrogens is 2. The van der Waals surface area contributed by atoms with E-state index < -0.39 is 5.82 Å². The standard InChI is InChI=1S/C13H23FN4O/c1-4-6-15-12-16-8-10(14)11(18-12)17-9-13(2,3)5-7-19/h8,19H,4-7,9H2,1-3H3,(H2,15,16,17,18). The van der Waals surface area contributed by atoms with E-state index in [0.717, 1.165) is 19.2 Å². The summed E-state index contributed by atoms with van der Waals surface area (Å²) in [6, 6.07) is 0. The fourth-order valence-electron chi connectivity index (χ4n) is 1.53. The zero-order chi connectivity index (χ0) is 14.3. The second-order valence-electron chi connectivity index (χ2n) is 5.31. The molecule has 0 amide bonds. The van der Waals surface area contributed by atoms with Crippen LogP contribution in [0.15, 0.2) is 6.20 Å². The summed E-state index contributed by atoms with van der Waals surface area (Å²) < 4.78 is 13.6. The molecule has 1 aromatic rings. The van der Waals surface area contributed by atoms with Crippen LogP contribution in [-0.4, -0.2) is 34.8 Å². The predicted octanol–water partition coefficient (Wildman–Crippen LogP) is 2.26. The first kappa shape index (κ1) is 15.6. The second-order valence-corrected chi connectivity index (χ2v) is 5.31. The maximum Gasteiger partial charge on any atom is 0.224 e. The Kier molecular flexibility index (Phi) is 5.95. The van der Waals surface area contributed by atoms with Crippen molar-refractivity contribution in [1.29, 1.82) is 0 Å². The lowest BCUT2D eigenvalue weighted by atomic mass is 9.90. The summed E-state index contributed by atoms with van der Waals surface area (Å²) in [6.07, 6.45) is 2.76. The fraction of sp³-hybridized carbons (Fsp3) is 0.692. The average molecular weight is 270 g/mol. The molecule has 1 aromatic heterocycles. The molecule has 0 saturated carbocycles. The lowest BCUT2D eigenvalue weighted by molar-refractivity contribution is 0.220. The first-order valence-corrected chi connectivity index (χ1v) is 6.59. The molecule has 19 heavy (non-hydrogen) atoms. The van der Waals surface area contributed by atoms with Gasteiger partial charge in [-0.15, -0.1) is 0 Å². The maximum absolute atomic E-state index is 13.6. The van der Waals surface area contributed by atoms with Crippen molar-refractivity contribution in [2.24, 2.45) is 5.41 Å². The summed E-state index contributed by atoms with van der Waals surface area (Å²) >= 11 is 0. The number of halogens is 1. The summed E-state index contributed by atoms with van der Waals surface area (Å²) in [5.41, 5.74) is -0.122. The summed E-state index contributed by atoms with van der Waals surface area (Å²) in [4.78, 5) is 7.98. The highest BCUT2D eigenvalue weighted by Gasteiger charge is 2.18. The van der Waals surface area contributed by atoms with Gasteiger partial charge in [0.15, 0.2) is 11.6 Å². The van der Waals surface area contributed by atoms with Crippen molar-refractivity contribution in [3.05, 3.63) is 12.0 Å². The highest BCUT2D eigenvalue weighted by molar-refractivity contribution is 5.41. The summed E-state index contributed by atoms with van der Waals surface area (Å²) in [5.74, 6) is 0.146. The molecule has 0 atom stereocenters. The van der Waals surface area contributed by atoms with E-state index in [1.165, 1.54) is 0 Å². The molecule has 0 aromatic carbocycles. The van der Waals surface area contributed by atoms with Crippen molar-refractivity contribution in [1.82, 2.24) is 9.97 Å². The molecule has 0 aliphatic rings. The van der Waals surface area contributed by atoms with Gasteiger partial charge < -0.3 is 15.7 Å². The zero-order valence-electron chi connectivity index (χ0n) is 11.8. The van der Waals surface area contributed by atoms with Crippen LogP contribution in [0.25, 0.3) is 0 Å². The number of anilines is 2. The zero-order valence-corrected chi connectivity index (χ0v) is 11.8. The van der Waals surface area contributed by atoms with Gasteiger partial charge in [0.1, 0.15) is 0 Å². The van der Waals surface area contributed by atoms with Crippen LogP contribution in [0.4, 0.5) is 16.2 Å². The minimum absolute atomic E-state index is 0.115. The van der Waals surface area contributed by atoms with E-state index in [1.807, 2.05) is 20.8 Å². The van der Waals surface area contributed by atoms with Crippen molar-refractivity contribution in [2.45, 2.75) is 33.6 Å². The molecule has 1 rings (SSSR count). The molecule has 0 unspecified atom stereocenters. The lowest BCUT2D eigenvalue weighted by Gasteiger charge is -2.24. The molecule has 0 saturated heterocycles. The Labute approximate surface area is 113 Å². The summed E-state index contributed by atoms with van der Waals surface area (Å²) in [6.45, 7) is 7.45. The van der Waals surface area contributed by atoms with Crippen LogP contribution in [-0.2, 0) is 0 Å². The Balaban J connectivity index is 2.66. The minimum Gasteiger partial charge on any atom is -0.396 e. The molecule has 0 aliphatic carbocycles. The summed E-state index contributed by atoms with van der Waals surface area (Å²) in [5, 5.41) is 15.0. The van der Waals surface area contributed by atoms with E-state index in [4.69, 9.17) is 5.11 Å². The second kappa shape index (κ2) is 7.23. The smallest absolute Gasteiger partial charge is 0.224 e. The minimum atomic E-state index is -0.471. The van der Waals surface area contributed by atoms with E-state index in [1.54, 1.807) is 0 Å². The number of hydrogen-bond acceptors (Lipinski definition) is 5. The third-order valence-electron chi connectivity index (χ3n) is 2.80. The Morgan fingerprint density at radius 3 is 2.74 bits per heavy atom. The number of hydrogen-bond donors (Lipinski definition) is 3. The molecule has 6 heteroatoms. The van der Waals surface area contributed by atoms with Gasteiger partial charge in [0, 0.05) is 19.7 Å². The van der Waals surface area contributed by atoms with Crippen LogP contribution in [0.2, 0.25) is 0 Å². The topological polar surface area (TPSA) is 70.1 Å². The normalized spacial score (nSPS) is 11.4. The van der Waals surface area contributed by atoms with Gasteiger partial charge >= 0.3 is 0 Å². The lowest BCUT2D eigenvalue weighted by Crippen LogP contribution is -2.25. The Bertz CT molecular complexity index is 398.